The van der Waals surface area contributed by atoms with Crippen LogP contribution in [0.5, 0.6) is 0 Å². The molecule has 0 radical (unpaired) electrons. The van der Waals surface area contributed by atoms with Crippen LogP contribution in [0.4, 0.5) is 10.8 Å². The van der Waals surface area contributed by atoms with Gasteiger partial charge in [0.2, 0.25) is 21.1 Å². The molecule has 7 nitrogen and oxygen atoms in total. The fraction of sp³-hybridized carbons (Fsp3) is 0.353. The third kappa shape index (κ3) is 5.78. The van der Waals surface area contributed by atoms with Crippen molar-refractivity contribution >= 4 is 49.8 Å². The highest BCUT2D eigenvalue weighted by Crippen LogP contribution is 2.27. The third-order valence-electron chi connectivity index (χ3n) is 3.58. The van der Waals surface area contributed by atoms with Crippen molar-refractivity contribution in [2.24, 2.45) is 0 Å². The molecule has 1 aromatic carbocycles. The van der Waals surface area contributed by atoms with Gasteiger partial charge < -0.3 is 0 Å². The largest absolute Gasteiger partial charge is 0.299 e. The summed E-state index contributed by atoms with van der Waals surface area (Å²) in [6, 6.07) is 6.12. The molecular weight excluding hydrogens is 404 g/mol. The van der Waals surface area contributed by atoms with Gasteiger partial charge in [-0.25, -0.2) is 8.42 Å². The van der Waals surface area contributed by atoms with Crippen molar-refractivity contribution in [3.05, 3.63) is 42.5 Å². The summed E-state index contributed by atoms with van der Waals surface area (Å²) < 4.78 is 26.7. The number of carbonyl (C=O) groups is 1. The van der Waals surface area contributed by atoms with E-state index in [2.05, 4.69) is 22.1 Å². The van der Waals surface area contributed by atoms with Crippen LogP contribution >= 0.6 is 23.1 Å². The molecule has 0 saturated heterocycles. The lowest BCUT2D eigenvalue weighted by molar-refractivity contribution is -0.117. The lowest BCUT2D eigenvalue weighted by Crippen LogP contribution is -2.47. The second-order valence-corrected chi connectivity index (χ2v) is 9.88. The minimum absolute atomic E-state index is 0.309. The van der Waals surface area contributed by atoms with E-state index in [1.54, 1.807) is 25.1 Å². The second kappa shape index (κ2) is 9.34. The molecule has 0 spiro atoms. The molecule has 1 amide bonds. The van der Waals surface area contributed by atoms with Crippen molar-refractivity contribution in [3.8, 4) is 0 Å². The maximum absolute atomic E-state index is 12.8. The predicted molar refractivity (Wildman–Crippen MR) is 112 cm³/mol. The molecule has 0 saturated carbocycles. The van der Waals surface area contributed by atoms with Gasteiger partial charge in [0, 0.05) is 5.75 Å². The molecule has 1 heterocycles. The van der Waals surface area contributed by atoms with Gasteiger partial charge in [0.05, 0.1) is 11.9 Å². The summed E-state index contributed by atoms with van der Waals surface area (Å²) in [4.78, 5) is 12.8. The Morgan fingerprint density at radius 2 is 2.04 bits per heavy atom. The molecule has 1 N–H and O–H groups in total. The fourth-order valence-electron chi connectivity index (χ4n) is 2.39. The minimum atomic E-state index is -3.66. The Labute approximate surface area is 167 Å². The summed E-state index contributed by atoms with van der Waals surface area (Å²) in [7, 11) is -3.66. The number of carbonyl (C=O) groups excluding carboxylic acids is 1. The molecule has 10 heteroatoms. The van der Waals surface area contributed by atoms with Gasteiger partial charge in [-0.1, -0.05) is 53.8 Å². The average Bonchev–Trinajstić information content (AvgIpc) is 3.05. The summed E-state index contributed by atoms with van der Waals surface area (Å²) in [6.07, 6.45) is 3.16. The van der Waals surface area contributed by atoms with Crippen LogP contribution < -0.4 is 9.62 Å². The van der Waals surface area contributed by atoms with Crippen LogP contribution in [-0.2, 0) is 14.8 Å². The summed E-state index contributed by atoms with van der Waals surface area (Å²) in [5, 5.41) is 11.0. The van der Waals surface area contributed by atoms with Crippen molar-refractivity contribution in [2.45, 2.75) is 30.6 Å². The number of hydrogen-bond acceptors (Lipinski definition) is 7. The first-order valence-corrected chi connectivity index (χ1v) is 11.9. The van der Waals surface area contributed by atoms with Crippen LogP contribution in [0.2, 0.25) is 0 Å². The molecule has 0 bridgehead atoms. The van der Waals surface area contributed by atoms with Crippen LogP contribution in [0.3, 0.4) is 0 Å². The third-order valence-corrected chi connectivity index (χ3v) is 6.73. The maximum atomic E-state index is 12.8. The Bertz CT molecular complexity index is 894. The number of anilines is 2. The molecule has 0 fully saturated rings. The van der Waals surface area contributed by atoms with Crippen molar-refractivity contribution < 1.29 is 13.2 Å². The number of rotatable bonds is 9. The number of sulfonamides is 1. The van der Waals surface area contributed by atoms with Crippen LogP contribution in [0.25, 0.3) is 0 Å². The maximum Gasteiger partial charge on any atom is 0.250 e. The first kappa shape index (κ1) is 21.4. The van der Waals surface area contributed by atoms with Gasteiger partial charge in [-0.2, -0.15) is 0 Å². The molecule has 2 aromatic rings. The molecular formula is C17H22N4O3S3. The second-order valence-electron chi connectivity index (χ2n) is 5.78. The van der Waals surface area contributed by atoms with Gasteiger partial charge in [0.15, 0.2) is 4.34 Å². The SMILES string of the molecule is C=CCSc1nnc(NC(=O)[C@H](CC)N(c2ccc(C)cc2)S(C)(=O)=O)s1. The molecule has 1 atom stereocenters. The van der Waals surface area contributed by atoms with E-state index in [0.29, 0.717) is 27.3 Å². The lowest BCUT2D eigenvalue weighted by atomic mass is 10.1. The topological polar surface area (TPSA) is 92.3 Å². The van der Waals surface area contributed by atoms with Gasteiger partial charge in [-0.15, -0.1) is 16.8 Å². The molecule has 146 valence electrons. The van der Waals surface area contributed by atoms with E-state index in [0.717, 1.165) is 16.1 Å². The Hall–Kier alpha value is -1.91. The normalized spacial score (nSPS) is 12.4. The van der Waals surface area contributed by atoms with E-state index >= 15 is 0 Å². The average molecular weight is 427 g/mol. The number of benzene rings is 1. The van der Waals surface area contributed by atoms with Crippen LogP contribution in [0.15, 0.2) is 41.3 Å². The van der Waals surface area contributed by atoms with Crippen molar-refractivity contribution in [2.75, 3.05) is 21.6 Å². The van der Waals surface area contributed by atoms with Crippen molar-refractivity contribution in [1.82, 2.24) is 10.2 Å². The van der Waals surface area contributed by atoms with E-state index in [-0.39, 0.29) is 0 Å². The monoisotopic (exact) mass is 426 g/mol. The number of amides is 1. The van der Waals surface area contributed by atoms with E-state index < -0.39 is 22.0 Å². The Morgan fingerprint density at radius 1 is 1.37 bits per heavy atom. The number of thioether (sulfide) groups is 1. The number of nitrogens with zero attached hydrogens (tertiary/aromatic N) is 3. The van der Waals surface area contributed by atoms with Crippen molar-refractivity contribution in [3.63, 3.8) is 0 Å². The Balaban J connectivity index is 2.25. The van der Waals surface area contributed by atoms with Gasteiger partial charge in [0.1, 0.15) is 6.04 Å². The zero-order valence-corrected chi connectivity index (χ0v) is 17.8. The first-order chi connectivity index (χ1) is 12.8. The highest BCUT2D eigenvalue weighted by atomic mass is 32.2. The smallest absolute Gasteiger partial charge is 0.250 e. The van der Waals surface area contributed by atoms with Gasteiger partial charge in [-0.05, 0) is 25.5 Å². The summed E-state index contributed by atoms with van der Waals surface area (Å²) in [6.45, 7) is 7.32. The highest BCUT2D eigenvalue weighted by Gasteiger charge is 2.32. The molecule has 27 heavy (non-hydrogen) atoms. The fourth-order valence-corrected chi connectivity index (χ4v) is 5.12. The van der Waals surface area contributed by atoms with Crippen LogP contribution in [-0.4, -0.2) is 42.6 Å². The quantitative estimate of drug-likeness (QED) is 0.376. The van der Waals surface area contributed by atoms with Crippen LogP contribution in [0.1, 0.15) is 18.9 Å². The van der Waals surface area contributed by atoms with Crippen molar-refractivity contribution in [1.29, 1.82) is 0 Å². The van der Waals surface area contributed by atoms with Gasteiger partial charge >= 0.3 is 0 Å². The summed E-state index contributed by atoms with van der Waals surface area (Å²) in [5.74, 6) is 0.245. The Morgan fingerprint density at radius 3 is 2.59 bits per heavy atom. The van der Waals surface area contributed by atoms with Gasteiger partial charge in [-0.3, -0.25) is 14.4 Å². The zero-order valence-electron chi connectivity index (χ0n) is 15.4. The highest BCUT2D eigenvalue weighted by molar-refractivity contribution is 8.01. The molecule has 2 rings (SSSR count). The number of hydrogen-bond donors (Lipinski definition) is 1. The summed E-state index contributed by atoms with van der Waals surface area (Å²) >= 11 is 2.70. The van der Waals surface area contributed by atoms with E-state index in [4.69, 9.17) is 0 Å². The minimum Gasteiger partial charge on any atom is -0.299 e. The number of aryl methyl sites for hydroxylation is 1. The zero-order chi connectivity index (χ0) is 20.0. The van der Waals surface area contributed by atoms with E-state index in [9.17, 15) is 13.2 Å². The lowest BCUT2D eigenvalue weighted by Gasteiger charge is -2.29. The molecule has 0 aliphatic heterocycles. The number of aromatic nitrogens is 2. The van der Waals surface area contributed by atoms with E-state index in [1.165, 1.54) is 23.1 Å². The number of nitrogens with one attached hydrogen (secondary N) is 1. The van der Waals surface area contributed by atoms with Gasteiger partial charge in [0.25, 0.3) is 0 Å². The predicted octanol–water partition coefficient (Wildman–Crippen LogP) is 3.31. The van der Waals surface area contributed by atoms with Crippen LogP contribution in [0, 0.1) is 6.92 Å². The molecule has 0 aliphatic carbocycles. The molecule has 1 aromatic heterocycles. The molecule has 0 unspecified atom stereocenters. The summed E-state index contributed by atoms with van der Waals surface area (Å²) in [5.41, 5.74) is 1.45. The van der Waals surface area contributed by atoms with E-state index in [1.807, 2.05) is 19.1 Å². The first-order valence-electron chi connectivity index (χ1n) is 8.20. The molecule has 0 aliphatic rings. The standard InChI is InChI=1S/C17H22N4O3S3/c1-5-11-25-17-20-19-16(26-17)18-15(22)14(6-2)21(27(4,23)24)13-9-7-12(3)8-10-13/h5,7-10,14H,1,6,11H2,2-4H3,(H,18,19,22)/t14-/m0/s1. The Kier molecular flexibility index (Phi) is 7.40.